The molecule has 2 heterocycles. The second-order valence-electron chi connectivity index (χ2n) is 7.32. The molecule has 0 saturated carbocycles. The molecule has 0 spiro atoms. The van der Waals surface area contributed by atoms with Gasteiger partial charge in [0.25, 0.3) is 5.91 Å². The van der Waals surface area contributed by atoms with Crippen molar-refractivity contribution in [3.05, 3.63) is 101 Å². The summed E-state index contributed by atoms with van der Waals surface area (Å²) < 4.78 is 0. The van der Waals surface area contributed by atoms with Crippen LogP contribution in [0.4, 0.5) is 5.69 Å². The Morgan fingerprint density at radius 1 is 0.903 bits per heavy atom. The van der Waals surface area contributed by atoms with E-state index in [2.05, 4.69) is 10.3 Å². The minimum atomic E-state index is -0.198. The summed E-state index contributed by atoms with van der Waals surface area (Å²) in [5.41, 5.74) is 5.41. The number of carbonyl (C=O) groups is 1. The number of fused-ring (bicyclic) bond motifs is 2. The van der Waals surface area contributed by atoms with Gasteiger partial charge >= 0.3 is 0 Å². The molecule has 5 aromatic rings. The van der Waals surface area contributed by atoms with E-state index in [1.807, 2.05) is 79.7 Å². The molecule has 0 radical (unpaired) electrons. The zero-order valence-electron chi connectivity index (χ0n) is 16.8. The van der Waals surface area contributed by atoms with Crippen molar-refractivity contribution in [1.29, 1.82) is 0 Å². The molecule has 0 fully saturated rings. The van der Waals surface area contributed by atoms with Crippen molar-refractivity contribution in [1.82, 2.24) is 9.97 Å². The molecule has 2 aromatic heterocycles. The quantitative estimate of drug-likeness (QED) is 0.353. The molecule has 0 saturated heterocycles. The van der Waals surface area contributed by atoms with E-state index in [9.17, 15) is 4.79 Å². The van der Waals surface area contributed by atoms with Crippen LogP contribution in [0.25, 0.3) is 33.1 Å². The lowest BCUT2D eigenvalue weighted by Gasteiger charge is -2.13. The monoisotopic (exact) mass is 423 g/mol. The van der Waals surface area contributed by atoms with Crippen molar-refractivity contribution < 1.29 is 4.79 Å². The first-order valence-electron chi connectivity index (χ1n) is 9.92. The van der Waals surface area contributed by atoms with E-state index >= 15 is 0 Å². The van der Waals surface area contributed by atoms with E-state index in [1.54, 1.807) is 12.3 Å². The highest BCUT2D eigenvalue weighted by Gasteiger charge is 2.16. The van der Waals surface area contributed by atoms with Crippen molar-refractivity contribution in [3.63, 3.8) is 0 Å². The zero-order chi connectivity index (χ0) is 21.4. The Bertz CT molecular complexity index is 1450. The molecule has 150 valence electrons. The van der Waals surface area contributed by atoms with Gasteiger partial charge in [-0.25, -0.2) is 4.98 Å². The molecule has 0 unspecified atom stereocenters. The first-order valence-corrected chi connectivity index (χ1v) is 10.3. The van der Waals surface area contributed by atoms with Crippen molar-refractivity contribution in [2.24, 2.45) is 0 Å². The third-order valence-corrected chi connectivity index (χ3v) is 5.79. The predicted molar refractivity (Wildman–Crippen MR) is 127 cm³/mol. The fourth-order valence-electron chi connectivity index (χ4n) is 3.75. The maximum absolute atomic E-state index is 13.4. The Morgan fingerprint density at radius 3 is 2.52 bits per heavy atom. The van der Waals surface area contributed by atoms with Gasteiger partial charge in [0, 0.05) is 27.6 Å². The lowest BCUT2D eigenvalue weighted by atomic mass is 10.0. The van der Waals surface area contributed by atoms with Gasteiger partial charge < -0.3 is 5.32 Å². The van der Waals surface area contributed by atoms with E-state index in [4.69, 9.17) is 16.6 Å². The summed E-state index contributed by atoms with van der Waals surface area (Å²) in [7, 11) is 0. The van der Waals surface area contributed by atoms with E-state index in [0.717, 1.165) is 38.6 Å². The van der Waals surface area contributed by atoms with Crippen LogP contribution in [0.2, 0.25) is 5.02 Å². The number of benzene rings is 3. The van der Waals surface area contributed by atoms with Gasteiger partial charge in [0.05, 0.1) is 28.0 Å². The number of rotatable bonds is 3. The van der Waals surface area contributed by atoms with Gasteiger partial charge in [-0.2, -0.15) is 0 Å². The summed E-state index contributed by atoms with van der Waals surface area (Å²) in [6.45, 7) is 1.92. The fraction of sp³-hybridized carbons (Fsp3) is 0.0385. The van der Waals surface area contributed by atoms with Gasteiger partial charge in [0.2, 0.25) is 0 Å². The Kier molecular flexibility index (Phi) is 4.85. The molecule has 31 heavy (non-hydrogen) atoms. The molecular weight excluding hydrogens is 406 g/mol. The summed E-state index contributed by atoms with van der Waals surface area (Å²) in [4.78, 5) is 22.6. The number of hydrogen-bond acceptors (Lipinski definition) is 3. The predicted octanol–water partition coefficient (Wildman–Crippen LogP) is 6.66. The highest BCUT2D eigenvalue weighted by atomic mass is 35.5. The number of amides is 1. The van der Waals surface area contributed by atoms with Crippen molar-refractivity contribution in [3.8, 4) is 11.3 Å². The normalized spacial score (nSPS) is 11.0. The van der Waals surface area contributed by atoms with E-state index in [-0.39, 0.29) is 5.91 Å². The third kappa shape index (κ3) is 3.51. The molecule has 5 heteroatoms. The molecule has 0 aliphatic rings. The number of hydrogen-bond donors (Lipinski definition) is 1. The Balaban J connectivity index is 1.62. The van der Waals surface area contributed by atoms with Crippen LogP contribution in [0, 0.1) is 6.92 Å². The summed E-state index contributed by atoms with van der Waals surface area (Å²) in [6, 6.07) is 24.9. The van der Waals surface area contributed by atoms with Crippen LogP contribution in [0.15, 0.2) is 85.1 Å². The van der Waals surface area contributed by atoms with E-state index < -0.39 is 0 Å². The van der Waals surface area contributed by atoms with Crippen LogP contribution < -0.4 is 5.32 Å². The van der Waals surface area contributed by atoms with Gasteiger partial charge in [-0.05, 0) is 42.8 Å². The van der Waals surface area contributed by atoms with Gasteiger partial charge in [-0.3, -0.25) is 9.78 Å². The standard InChI is InChI=1S/C26H18ClN3O/c1-16-21(27)12-11-19-23(13-14-28-25(16)19)30-26(31)20-15-24(17-7-3-2-4-8-17)29-22-10-6-5-9-18(20)22/h2-15H,1H3,(H,28,30,31). The van der Waals surface area contributed by atoms with Crippen LogP contribution in [0.5, 0.6) is 0 Å². The van der Waals surface area contributed by atoms with Gasteiger partial charge in [-0.15, -0.1) is 0 Å². The number of anilines is 1. The molecule has 0 aliphatic heterocycles. The van der Waals surface area contributed by atoms with Gasteiger partial charge in [0.15, 0.2) is 0 Å². The number of nitrogens with zero attached hydrogens (tertiary/aromatic N) is 2. The lowest BCUT2D eigenvalue weighted by molar-refractivity contribution is 0.102. The second kappa shape index (κ2) is 7.82. The van der Waals surface area contributed by atoms with Gasteiger partial charge in [-0.1, -0.05) is 60.1 Å². The smallest absolute Gasteiger partial charge is 0.256 e. The molecule has 3 aromatic carbocycles. The third-order valence-electron chi connectivity index (χ3n) is 5.38. The molecular formula is C26H18ClN3O. The SMILES string of the molecule is Cc1c(Cl)ccc2c(NC(=O)c3cc(-c4ccccc4)nc4ccccc34)ccnc12. The fourth-order valence-corrected chi connectivity index (χ4v) is 3.91. The van der Waals surface area contributed by atoms with Gasteiger partial charge in [0.1, 0.15) is 0 Å². The Morgan fingerprint density at radius 2 is 1.68 bits per heavy atom. The second-order valence-corrected chi connectivity index (χ2v) is 7.73. The van der Waals surface area contributed by atoms with Crippen LogP contribution in [0.1, 0.15) is 15.9 Å². The number of nitrogens with one attached hydrogen (secondary N) is 1. The van der Waals surface area contributed by atoms with Crippen LogP contribution in [-0.2, 0) is 0 Å². The number of para-hydroxylation sites is 1. The molecule has 0 bridgehead atoms. The molecule has 0 aliphatic carbocycles. The number of pyridine rings is 2. The lowest BCUT2D eigenvalue weighted by Crippen LogP contribution is -2.13. The zero-order valence-corrected chi connectivity index (χ0v) is 17.5. The summed E-state index contributed by atoms with van der Waals surface area (Å²) in [5, 5.41) is 5.37. The van der Waals surface area contributed by atoms with Crippen LogP contribution in [-0.4, -0.2) is 15.9 Å². The largest absolute Gasteiger partial charge is 0.321 e. The highest BCUT2D eigenvalue weighted by Crippen LogP contribution is 2.30. The van der Waals surface area contributed by atoms with Crippen molar-refractivity contribution in [2.75, 3.05) is 5.32 Å². The van der Waals surface area contributed by atoms with E-state index in [1.165, 1.54) is 0 Å². The minimum Gasteiger partial charge on any atom is -0.321 e. The molecule has 5 rings (SSSR count). The van der Waals surface area contributed by atoms with Crippen LogP contribution >= 0.6 is 11.6 Å². The van der Waals surface area contributed by atoms with Crippen molar-refractivity contribution in [2.45, 2.75) is 6.92 Å². The summed E-state index contributed by atoms with van der Waals surface area (Å²) in [6.07, 6.45) is 1.68. The number of carbonyl (C=O) groups excluding carboxylic acids is 1. The van der Waals surface area contributed by atoms with E-state index in [0.29, 0.717) is 16.3 Å². The molecule has 1 amide bonds. The minimum absolute atomic E-state index is 0.198. The topological polar surface area (TPSA) is 54.9 Å². The van der Waals surface area contributed by atoms with Crippen LogP contribution in [0.3, 0.4) is 0 Å². The maximum atomic E-state index is 13.4. The Hall–Kier alpha value is -3.76. The average Bonchev–Trinajstić information content (AvgIpc) is 2.81. The summed E-state index contributed by atoms with van der Waals surface area (Å²) >= 11 is 6.25. The number of aromatic nitrogens is 2. The molecule has 0 atom stereocenters. The summed E-state index contributed by atoms with van der Waals surface area (Å²) in [5.74, 6) is -0.198. The average molecular weight is 424 g/mol. The number of halogens is 1. The molecule has 4 nitrogen and oxygen atoms in total. The first kappa shape index (κ1) is 19.2. The molecule has 1 N–H and O–H groups in total. The maximum Gasteiger partial charge on any atom is 0.256 e. The van der Waals surface area contributed by atoms with Crippen molar-refractivity contribution >= 4 is 45.0 Å². The first-order chi connectivity index (χ1) is 15.1. The number of aryl methyl sites for hydroxylation is 1. The highest BCUT2D eigenvalue weighted by molar-refractivity contribution is 6.32. The Labute approximate surface area is 184 Å².